The fraction of sp³-hybridized carbons (Fsp3) is 0.333. The highest BCUT2D eigenvalue weighted by Gasteiger charge is 2.16. The zero-order valence-electron chi connectivity index (χ0n) is 13.0. The van der Waals surface area contributed by atoms with Crippen LogP contribution in [0.25, 0.3) is 6.08 Å². The van der Waals surface area contributed by atoms with Gasteiger partial charge in [0.2, 0.25) is 0 Å². The van der Waals surface area contributed by atoms with Gasteiger partial charge in [-0.1, -0.05) is 12.2 Å². The average Bonchev–Trinajstić information content (AvgIpc) is 2.42. The van der Waals surface area contributed by atoms with E-state index in [0.717, 1.165) is 12.1 Å². The SMILES string of the molecule is CC(C)(C)OC(=O)NCC=Cc1cc([N+](=O)[O-])cc(C=O)c1O. The van der Waals surface area contributed by atoms with Gasteiger partial charge in [-0.15, -0.1) is 0 Å². The second-order valence-corrected chi connectivity index (χ2v) is 5.63. The first-order valence-electron chi connectivity index (χ1n) is 6.74. The van der Waals surface area contributed by atoms with E-state index in [-0.39, 0.29) is 29.1 Å². The first-order chi connectivity index (χ1) is 10.6. The molecular weight excluding hydrogens is 304 g/mol. The van der Waals surface area contributed by atoms with E-state index in [1.165, 1.54) is 12.2 Å². The van der Waals surface area contributed by atoms with Crippen molar-refractivity contribution in [3.63, 3.8) is 0 Å². The molecule has 0 aliphatic carbocycles. The summed E-state index contributed by atoms with van der Waals surface area (Å²) in [5, 5.41) is 23.1. The maximum atomic E-state index is 11.4. The zero-order chi connectivity index (χ0) is 17.6. The summed E-state index contributed by atoms with van der Waals surface area (Å²) in [6.45, 7) is 5.27. The van der Waals surface area contributed by atoms with Crippen LogP contribution in [0.2, 0.25) is 0 Å². The Kier molecular flexibility index (Phi) is 5.83. The normalized spacial score (nSPS) is 11.3. The van der Waals surface area contributed by atoms with E-state index in [2.05, 4.69) is 5.32 Å². The molecule has 124 valence electrons. The second-order valence-electron chi connectivity index (χ2n) is 5.63. The molecule has 0 aromatic heterocycles. The highest BCUT2D eigenvalue weighted by Crippen LogP contribution is 2.28. The number of nitrogens with zero attached hydrogens (tertiary/aromatic N) is 1. The molecule has 0 spiro atoms. The van der Waals surface area contributed by atoms with Crippen LogP contribution < -0.4 is 5.32 Å². The molecule has 23 heavy (non-hydrogen) atoms. The van der Waals surface area contributed by atoms with E-state index in [0.29, 0.717) is 6.29 Å². The van der Waals surface area contributed by atoms with Gasteiger partial charge in [-0.25, -0.2) is 4.79 Å². The van der Waals surface area contributed by atoms with E-state index in [1.54, 1.807) is 20.8 Å². The van der Waals surface area contributed by atoms with Crippen molar-refractivity contribution in [2.75, 3.05) is 6.54 Å². The third-order valence-corrected chi connectivity index (χ3v) is 2.55. The average molecular weight is 322 g/mol. The molecule has 0 heterocycles. The number of aromatic hydroxyl groups is 1. The van der Waals surface area contributed by atoms with Crippen LogP contribution >= 0.6 is 0 Å². The van der Waals surface area contributed by atoms with Crippen molar-refractivity contribution >= 4 is 24.1 Å². The quantitative estimate of drug-likeness (QED) is 0.488. The number of alkyl carbamates (subject to hydrolysis) is 1. The Morgan fingerprint density at radius 3 is 2.52 bits per heavy atom. The van der Waals surface area contributed by atoms with Crippen LogP contribution in [-0.4, -0.2) is 34.6 Å². The fourth-order valence-corrected chi connectivity index (χ4v) is 1.63. The number of phenolic OH excluding ortho intramolecular Hbond substituents is 1. The lowest BCUT2D eigenvalue weighted by molar-refractivity contribution is -0.384. The lowest BCUT2D eigenvalue weighted by Crippen LogP contribution is -2.32. The Morgan fingerprint density at radius 2 is 2.00 bits per heavy atom. The molecule has 0 radical (unpaired) electrons. The van der Waals surface area contributed by atoms with Crippen LogP contribution in [-0.2, 0) is 4.74 Å². The summed E-state index contributed by atoms with van der Waals surface area (Å²) < 4.78 is 5.03. The minimum absolute atomic E-state index is 0.0907. The second kappa shape index (κ2) is 7.39. The van der Waals surface area contributed by atoms with Crippen LogP contribution in [0.5, 0.6) is 5.75 Å². The number of aldehydes is 1. The number of nitrogens with one attached hydrogen (secondary N) is 1. The molecule has 0 aliphatic heterocycles. The predicted octanol–water partition coefficient (Wildman–Crippen LogP) is 2.65. The van der Waals surface area contributed by atoms with Crippen molar-refractivity contribution in [2.45, 2.75) is 26.4 Å². The number of hydrogen-bond donors (Lipinski definition) is 2. The first-order valence-corrected chi connectivity index (χ1v) is 6.74. The molecule has 8 heteroatoms. The number of nitro groups is 1. The van der Waals surface area contributed by atoms with Gasteiger partial charge in [0.25, 0.3) is 5.69 Å². The van der Waals surface area contributed by atoms with Gasteiger partial charge in [0.1, 0.15) is 11.4 Å². The summed E-state index contributed by atoms with van der Waals surface area (Å²) >= 11 is 0. The van der Waals surface area contributed by atoms with Gasteiger partial charge in [-0.2, -0.15) is 0 Å². The van der Waals surface area contributed by atoms with Crippen LogP contribution in [0.1, 0.15) is 36.7 Å². The summed E-state index contributed by atoms with van der Waals surface area (Å²) in [5.74, 6) is -0.362. The van der Waals surface area contributed by atoms with Crippen molar-refractivity contribution in [2.24, 2.45) is 0 Å². The van der Waals surface area contributed by atoms with E-state index >= 15 is 0 Å². The van der Waals surface area contributed by atoms with Gasteiger partial charge in [0, 0.05) is 24.2 Å². The third-order valence-electron chi connectivity index (χ3n) is 2.55. The molecule has 0 saturated carbocycles. The summed E-state index contributed by atoms with van der Waals surface area (Å²) in [7, 11) is 0. The van der Waals surface area contributed by atoms with Crippen molar-refractivity contribution in [1.82, 2.24) is 5.32 Å². The number of phenols is 1. The van der Waals surface area contributed by atoms with Gasteiger partial charge in [-0.05, 0) is 20.8 Å². The van der Waals surface area contributed by atoms with Crippen molar-refractivity contribution < 1.29 is 24.4 Å². The molecule has 0 unspecified atom stereocenters. The monoisotopic (exact) mass is 322 g/mol. The molecule has 0 fully saturated rings. The van der Waals surface area contributed by atoms with Crippen molar-refractivity contribution in [3.8, 4) is 5.75 Å². The highest BCUT2D eigenvalue weighted by molar-refractivity contribution is 5.84. The number of rotatable bonds is 5. The van der Waals surface area contributed by atoms with Gasteiger partial charge < -0.3 is 15.2 Å². The van der Waals surface area contributed by atoms with Gasteiger partial charge in [-0.3, -0.25) is 14.9 Å². The van der Waals surface area contributed by atoms with Gasteiger partial charge >= 0.3 is 6.09 Å². The molecule has 1 aromatic rings. The van der Waals surface area contributed by atoms with Crippen LogP contribution in [0, 0.1) is 10.1 Å². The molecule has 2 N–H and O–H groups in total. The van der Waals surface area contributed by atoms with E-state index in [9.17, 15) is 24.8 Å². The van der Waals surface area contributed by atoms with E-state index in [1.807, 2.05) is 0 Å². The topological polar surface area (TPSA) is 119 Å². The molecule has 0 aliphatic rings. The maximum Gasteiger partial charge on any atom is 0.407 e. The lowest BCUT2D eigenvalue weighted by Gasteiger charge is -2.19. The number of carbonyl (C=O) groups excluding carboxylic acids is 2. The Balaban J connectivity index is 2.80. The Morgan fingerprint density at radius 1 is 1.39 bits per heavy atom. The highest BCUT2D eigenvalue weighted by atomic mass is 16.6. The number of benzene rings is 1. The van der Waals surface area contributed by atoms with Crippen molar-refractivity contribution in [3.05, 3.63) is 39.4 Å². The summed E-state index contributed by atoms with van der Waals surface area (Å²) in [6, 6.07) is 2.12. The van der Waals surface area contributed by atoms with Gasteiger partial charge in [0.15, 0.2) is 6.29 Å². The van der Waals surface area contributed by atoms with E-state index in [4.69, 9.17) is 4.74 Å². The largest absolute Gasteiger partial charge is 0.507 e. The number of non-ortho nitro benzene ring substituents is 1. The number of nitro benzene ring substituents is 1. The molecule has 0 atom stereocenters. The fourth-order valence-electron chi connectivity index (χ4n) is 1.63. The number of ether oxygens (including phenoxy) is 1. The predicted molar refractivity (Wildman–Crippen MR) is 83.4 cm³/mol. The van der Waals surface area contributed by atoms with E-state index < -0.39 is 16.6 Å². The van der Waals surface area contributed by atoms with Crippen LogP contribution in [0.4, 0.5) is 10.5 Å². The number of carbonyl (C=O) groups is 2. The summed E-state index contributed by atoms with van der Waals surface area (Å²) in [5.41, 5.74) is -1.01. The van der Waals surface area contributed by atoms with Crippen molar-refractivity contribution in [1.29, 1.82) is 0 Å². The smallest absolute Gasteiger partial charge is 0.407 e. The Bertz CT molecular complexity index is 646. The lowest BCUT2D eigenvalue weighted by atomic mass is 10.1. The zero-order valence-corrected chi connectivity index (χ0v) is 13.0. The molecule has 1 aromatic carbocycles. The minimum atomic E-state index is -0.664. The standard InChI is InChI=1S/C15H18N2O6/c1-15(2,3)23-14(20)16-6-4-5-10-7-12(17(21)22)8-11(9-18)13(10)19/h4-5,7-9,19H,6H2,1-3H3,(H,16,20). The Labute approximate surface area is 132 Å². The third kappa shape index (κ3) is 5.77. The summed E-state index contributed by atoms with van der Waals surface area (Å²) in [4.78, 5) is 32.4. The molecule has 1 rings (SSSR count). The minimum Gasteiger partial charge on any atom is -0.507 e. The molecule has 0 bridgehead atoms. The molecule has 8 nitrogen and oxygen atoms in total. The Hall–Kier alpha value is -2.90. The summed E-state index contributed by atoms with van der Waals surface area (Å²) in [6.07, 6.45) is 2.56. The molecular formula is C15H18N2O6. The maximum absolute atomic E-state index is 11.4. The number of hydrogen-bond acceptors (Lipinski definition) is 6. The van der Waals surface area contributed by atoms with Crippen LogP contribution in [0.3, 0.4) is 0 Å². The molecule has 1 amide bonds. The van der Waals surface area contributed by atoms with Crippen LogP contribution in [0.15, 0.2) is 18.2 Å². The van der Waals surface area contributed by atoms with Gasteiger partial charge in [0.05, 0.1) is 10.5 Å². The number of amides is 1. The molecule has 0 saturated heterocycles. The first kappa shape index (κ1) is 18.1.